The van der Waals surface area contributed by atoms with Gasteiger partial charge < -0.3 is 19.9 Å². The largest absolute Gasteiger partial charge is 0.370 e. The first kappa shape index (κ1) is 21.3. The lowest BCUT2D eigenvalue weighted by atomic mass is 10.1. The number of aryl methyl sites for hydroxylation is 1. The molecule has 0 bridgehead atoms. The van der Waals surface area contributed by atoms with Crippen LogP contribution >= 0.6 is 11.6 Å². The summed E-state index contributed by atoms with van der Waals surface area (Å²) in [5.74, 6) is 0.458. The summed E-state index contributed by atoms with van der Waals surface area (Å²) in [6, 6.07) is 10.6. The number of rotatable bonds is 6. The fourth-order valence-corrected chi connectivity index (χ4v) is 4.02. The smallest absolute Gasteiger partial charge is 0.253 e. The van der Waals surface area contributed by atoms with Crippen molar-refractivity contribution in [1.29, 1.82) is 0 Å². The Kier molecular flexibility index (Phi) is 6.25. The van der Waals surface area contributed by atoms with Gasteiger partial charge in [-0.25, -0.2) is 4.98 Å². The van der Waals surface area contributed by atoms with Crippen LogP contribution < -0.4 is 10.2 Å². The maximum absolute atomic E-state index is 13.0. The van der Waals surface area contributed by atoms with Crippen molar-refractivity contribution in [3.63, 3.8) is 0 Å². The molecular weight excluding hydrogens is 416 g/mol. The van der Waals surface area contributed by atoms with Gasteiger partial charge in [-0.05, 0) is 55.3 Å². The number of halogens is 1. The van der Waals surface area contributed by atoms with Gasteiger partial charge in [0.1, 0.15) is 12.4 Å². The van der Waals surface area contributed by atoms with Crippen LogP contribution in [0, 0.1) is 6.92 Å². The van der Waals surface area contributed by atoms with Crippen molar-refractivity contribution in [2.45, 2.75) is 32.7 Å². The van der Waals surface area contributed by atoms with Crippen LogP contribution in [0.4, 0.5) is 5.69 Å². The van der Waals surface area contributed by atoms with E-state index in [1.807, 2.05) is 31.2 Å². The third kappa shape index (κ3) is 4.57. The Labute approximate surface area is 185 Å². The number of aromatic amines is 1. The lowest BCUT2D eigenvalue weighted by Gasteiger charge is -2.28. The molecule has 0 unspecified atom stereocenters. The van der Waals surface area contributed by atoms with Gasteiger partial charge in [-0.3, -0.25) is 9.59 Å². The molecule has 1 aliphatic heterocycles. The summed E-state index contributed by atoms with van der Waals surface area (Å²) in [4.78, 5) is 34.8. The number of carbonyl (C=O) groups is 2. The molecule has 31 heavy (non-hydrogen) atoms. The number of hydrogen-bond donors (Lipinski definition) is 2. The molecule has 0 spiro atoms. The number of fused-ring (bicyclic) bond motifs is 1. The van der Waals surface area contributed by atoms with Crippen molar-refractivity contribution < 1.29 is 14.3 Å². The van der Waals surface area contributed by atoms with Gasteiger partial charge in [0.15, 0.2) is 0 Å². The minimum absolute atomic E-state index is 0.0699. The van der Waals surface area contributed by atoms with Crippen molar-refractivity contribution in [3.05, 3.63) is 58.4 Å². The van der Waals surface area contributed by atoms with Crippen LogP contribution in [-0.4, -0.2) is 41.5 Å². The zero-order chi connectivity index (χ0) is 22.0. The summed E-state index contributed by atoms with van der Waals surface area (Å²) in [6.07, 6.45) is 1.64. The average molecular weight is 441 g/mol. The van der Waals surface area contributed by atoms with E-state index in [2.05, 4.69) is 22.2 Å². The predicted molar refractivity (Wildman–Crippen MR) is 121 cm³/mol. The molecular formula is C23H25ClN4O3. The minimum Gasteiger partial charge on any atom is -0.370 e. The van der Waals surface area contributed by atoms with Crippen molar-refractivity contribution in [3.8, 4) is 0 Å². The molecule has 2 amide bonds. The first-order chi connectivity index (χ1) is 15.0. The average Bonchev–Trinajstić information content (AvgIpc) is 3.17. The number of nitrogens with zero attached hydrogens (tertiary/aromatic N) is 2. The number of anilines is 1. The third-order valence-corrected chi connectivity index (χ3v) is 5.65. The SMILES string of the molecule is CCC[C@H](NC(=O)c1ccc(N2CCOCC2=O)c(C)c1)c1nc2ccc(Cl)cc2[nH]1. The molecule has 1 saturated heterocycles. The Morgan fingerprint density at radius 1 is 1.32 bits per heavy atom. The summed E-state index contributed by atoms with van der Waals surface area (Å²) in [5.41, 5.74) is 3.87. The number of aromatic nitrogens is 2. The summed E-state index contributed by atoms with van der Waals surface area (Å²) in [7, 11) is 0. The molecule has 4 rings (SSSR count). The Morgan fingerprint density at radius 3 is 2.90 bits per heavy atom. The van der Waals surface area contributed by atoms with E-state index in [9.17, 15) is 9.59 Å². The lowest BCUT2D eigenvalue weighted by molar-refractivity contribution is -0.125. The summed E-state index contributed by atoms with van der Waals surface area (Å²) >= 11 is 6.08. The van der Waals surface area contributed by atoms with E-state index in [0.717, 1.165) is 35.1 Å². The van der Waals surface area contributed by atoms with Gasteiger partial charge in [0.05, 0.1) is 23.7 Å². The molecule has 1 atom stereocenters. The summed E-state index contributed by atoms with van der Waals surface area (Å²) in [6.45, 7) is 5.08. The quantitative estimate of drug-likeness (QED) is 0.602. The number of imidazole rings is 1. The first-order valence-electron chi connectivity index (χ1n) is 10.4. The van der Waals surface area contributed by atoms with E-state index in [-0.39, 0.29) is 24.5 Å². The second-order valence-corrected chi connectivity index (χ2v) is 8.13. The number of H-pyrrole nitrogens is 1. The fourth-order valence-electron chi connectivity index (χ4n) is 3.85. The first-order valence-corrected chi connectivity index (χ1v) is 10.8. The van der Waals surface area contributed by atoms with Crippen LogP contribution in [0.15, 0.2) is 36.4 Å². The van der Waals surface area contributed by atoms with Crippen LogP contribution in [0.25, 0.3) is 11.0 Å². The van der Waals surface area contributed by atoms with Crippen LogP contribution in [0.3, 0.4) is 0 Å². The summed E-state index contributed by atoms with van der Waals surface area (Å²) < 4.78 is 5.20. The zero-order valence-electron chi connectivity index (χ0n) is 17.6. The van der Waals surface area contributed by atoms with Gasteiger partial charge in [0.2, 0.25) is 0 Å². The van der Waals surface area contributed by atoms with Gasteiger partial charge in [-0.2, -0.15) is 0 Å². The molecule has 2 heterocycles. The van der Waals surface area contributed by atoms with Crippen LogP contribution in [0.2, 0.25) is 5.02 Å². The number of benzene rings is 2. The molecule has 2 N–H and O–H groups in total. The van der Waals surface area contributed by atoms with Crippen LogP contribution in [0.5, 0.6) is 0 Å². The number of ether oxygens (including phenoxy) is 1. The molecule has 0 saturated carbocycles. The highest BCUT2D eigenvalue weighted by molar-refractivity contribution is 6.31. The highest BCUT2D eigenvalue weighted by Gasteiger charge is 2.23. The van der Waals surface area contributed by atoms with Crippen molar-refractivity contribution >= 4 is 40.1 Å². The van der Waals surface area contributed by atoms with Gasteiger partial charge >= 0.3 is 0 Å². The molecule has 7 nitrogen and oxygen atoms in total. The van der Waals surface area contributed by atoms with E-state index < -0.39 is 0 Å². The van der Waals surface area contributed by atoms with E-state index in [1.165, 1.54) is 0 Å². The molecule has 3 aromatic rings. The van der Waals surface area contributed by atoms with E-state index in [0.29, 0.717) is 29.6 Å². The normalized spacial score (nSPS) is 15.3. The van der Waals surface area contributed by atoms with Gasteiger partial charge in [0.25, 0.3) is 11.8 Å². The van der Waals surface area contributed by atoms with Crippen molar-refractivity contribution in [2.24, 2.45) is 0 Å². The summed E-state index contributed by atoms with van der Waals surface area (Å²) in [5, 5.41) is 3.73. The number of morpholine rings is 1. The Hall–Kier alpha value is -2.90. The van der Waals surface area contributed by atoms with Crippen LogP contribution in [-0.2, 0) is 9.53 Å². The molecule has 0 radical (unpaired) electrons. The Morgan fingerprint density at radius 2 is 2.16 bits per heavy atom. The molecule has 1 aliphatic rings. The van der Waals surface area contributed by atoms with Gasteiger partial charge in [0, 0.05) is 22.8 Å². The minimum atomic E-state index is -0.246. The van der Waals surface area contributed by atoms with Crippen molar-refractivity contribution in [1.82, 2.24) is 15.3 Å². The Balaban J connectivity index is 1.54. The monoisotopic (exact) mass is 440 g/mol. The van der Waals surface area contributed by atoms with Gasteiger partial charge in [-0.15, -0.1) is 0 Å². The van der Waals surface area contributed by atoms with E-state index >= 15 is 0 Å². The fraction of sp³-hybridized carbons (Fsp3) is 0.348. The highest BCUT2D eigenvalue weighted by Crippen LogP contribution is 2.25. The highest BCUT2D eigenvalue weighted by atomic mass is 35.5. The van der Waals surface area contributed by atoms with E-state index in [1.54, 1.807) is 17.0 Å². The molecule has 2 aromatic carbocycles. The molecule has 8 heteroatoms. The molecule has 162 valence electrons. The maximum atomic E-state index is 13.0. The van der Waals surface area contributed by atoms with Gasteiger partial charge in [-0.1, -0.05) is 24.9 Å². The standard InChI is InChI=1S/C23H25ClN4O3/c1-3-4-18(22-25-17-7-6-16(24)12-19(17)26-22)27-23(30)15-5-8-20(14(2)11-15)28-9-10-31-13-21(28)29/h5-8,11-12,18H,3-4,9-10,13H2,1-2H3,(H,25,26)(H,27,30)/t18-/m0/s1. The predicted octanol–water partition coefficient (Wildman–Crippen LogP) is 4.16. The number of amides is 2. The number of nitrogens with one attached hydrogen (secondary N) is 2. The van der Waals surface area contributed by atoms with Crippen molar-refractivity contribution in [2.75, 3.05) is 24.7 Å². The lowest BCUT2D eigenvalue weighted by Crippen LogP contribution is -2.42. The number of carbonyl (C=O) groups excluding carboxylic acids is 2. The Bertz CT molecular complexity index is 1130. The number of hydrogen-bond acceptors (Lipinski definition) is 4. The third-order valence-electron chi connectivity index (χ3n) is 5.41. The maximum Gasteiger partial charge on any atom is 0.253 e. The van der Waals surface area contributed by atoms with Crippen LogP contribution in [0.1, 0.15) is 47.6 Å². The zero-order valence-corrected chi connectivity index (χ0v) is 18.3. The second kappa shape index (κ2) is 9.08. The topological polar surface area (TPSA) is 87.3 Å². The molecule has 1 aromatic heterocycles. The molecule has 0 aliphatic carbocycles. The second-order valence-electron chi connectivity index (χ2n) is 7.70. The van der Waals surface area contributed by atoms with E-state index in [4.69, 9.17) is 16.3 Å². The molecule has 1 fully saturated rings.